The number of nitrogens with zero attached hydrogens (tertiary/aromatic N) is 5. The van der Waals surface area contributed by atoms with Gasteiger partial charge < -0.3 is 32.2 Å². The second kappa shape index (κ2) is 12.0. The standard InChI is InChI=1S/C18H23N7O6S2.H3N/c1-2-6-24-18(21-22-23-24)33-8-9-7-32-15-12(14(27)25(15)13(9)17(30)31)20-11(26)5-3-4-10(19)16(28)29;/h2,10,12,15H,1,3-8,19H2,(H,20,26)(H,28,29)(H,30,31);1H3/t10?,12?,15-;/m1./s1. The molecule has 3 heterocycles. The maximum absolute atomic E-state index is 12.7. The molecule has 8 N–H and O–H groups in total. The number of hydrogen-bond acceptors (Lipinski definition) is 11. The average molecular weight is 515 g/mol. The zero-order chi connectivity index (χ0) is 24.1. The Bertz CT molecular complexity index is 999. The molecule has 3 rings (SSSR count). The lowest BCUT2D eigenvalue weighted by Gasteiger charge is -2.50. The first-order chi connectivity index (χ1) is 15.7. The SMILES string of the molecule is C=CCn1nnnc1SCC1=C(C(=O)[O-])N2C(=O)C(NC(=O)CCCC(N)C(=O)O)[C@H]2SC1.[NH4+]. The number of tetrazole rings is 1. The van der Waals surface area contributed by atoms with Crippen LogP contribution >= 0.6 is 23.5 Å². The third-order valence-corrected chi connectivity index (χ3v) is 7.35. The first kappa shape index (κ1) is 27.3. The zero-order valence-electron chi connectivity index (χ0n) is 18.4. The summed E-state index contributed by atoms with van der Waals surface area (Å²) in [4.78, 5) is 48.5. The number of aromatic nitrogens is 4. The second-order valence-electron chi connectivity index (χ2n) is 7.25. The number of rotatable bonds is 12. The van der Waals surface area contributed by atoms with Gasteiger partial charge in [-0.25, -0.2) is 4.68 Å². The number of quaternary nitrogens is 1. The fourth-order valence-electron chi connectivity index (χ4n) is 3.32. The highest BCUT2D eigenvalue weighted by Crippen LogP contribution is 2.41. The van der Waals surface area contributed by atoms with E-state index >= 15 is 0 Å². The highest BCUT2D eigenvalue weighted by atomic mass is 32.2. The first-order valence-electron chi connectivity index (χ1n) is 9.90. The van der Waals surface area contributed by atoms with Gasteiger partial charge in [-0.05, 0) is 28.8 Å². The maximum atomic E-state index is 12.7. The van der Waals surface area contributed by atoms with Crippen molar-refractivity contribution >= 4 is 47.3 Å². The van der Waals surface area contributed by atoms with Gasteiger partial charge in [0.15, 0.2) is 0 Å². The molecule has 3 atom stereocenters. The smallest absolute Gasteiger partial charge is 0.320 e. The van der Waals surface area contributed by atoms with Crippen molar-refractivity contribution in [1.29, 1.82) is 0 Å². The maximum Gasteiger partial charge on any atom is 0.320 e. The van der Waals surface area contributed by atoms with Crippen LogP contribution in [0.1, 0.15) is 19.3 Å². The summed E-state index contributed by atoms with van der Waals surface area (Å²) in [5, 5.41) is 34.4. The number of allylic oxidation sites excluding steroid dienone is 1. The average Bonchev–Trinajstić information content (AvgIpc) is 3.22. The molecule has 1 aromatic rings. The van der Waals surface area contributed by atoms with E-state index < -0.39 is 41.2 Å². The molecule has 34 heavy (non-hydrogen) atoms. The fraction of sp³-hybridized carbons (Fsp3) is 0.500. The number of carbonyl (C=O) groups excluding carboxylic acids is 3. The molecule has 0 radical (unpaired) electrons. The molecule has 1 saturated heterocycles. The van der Waals surface area contributed by atoms with Gasteiger partial charge in [-0.1, -0.05) is 17.8 Å². The minimum absolute atomic E-state index is 0. The Kier molecular flexibility index (Phi) is 9.60. The summed E-state index contributed by atoms with van der Waals surface area (Å²) in [7, 11) is 0. The first-order valence-corrected chi connectivity index (χ1v) is 11.9. The number of nitrogens with two attached hydrogens (primary N) is 1. The van der Waals surface area contributed by atoms with E-state index in [0.29, 0.717) is 23.0 Å². The molecule has 0 aromatic carbocycles. The Hall–Kier alpha value is -2.95. The number of thioether (sulfide) groups is 2. The van der Waals surface area contributed by atoms with Crippen LogP contribution in [-0.2, 0) is 25.7 Å². The van der Waals surface area contributed by atoms with Crippen molar-refractivity contribution in [2.75, 3.05) is 11.5 Å². The zero-order valence-corrected chi connectivity index (χ0v) is 20.0. The van der Waals surface area contributed by atoms with Gasteiger partial charge in [0.25, 0.3) is 5.91 Å². The van der Waals surface area contributed by atoms with Gasteiger partial charge in [-0.15, -0.1) is 23.4 Å². The Morgan fingerprint density at radius 3 is 2.82 bits per heavy atom. The van der Waals surface area contributed by atoms with E-state index in [9.17, 15) is 24.3 Å². The predicted molar refractivity (Wildman–Crippen MR) is 121 cm³/mol. The van der Waals surface area contributed by atoms with Crippen LogP contribution in [0.15, 0.2) is 29.1 Å². The summed E-state index contributed by atoms with van der Waals surface area (Å²) in [5.74, 6) is -3.02. The van der Waals surface area contributed by atoms with Crippen molar-refractivity contribution in [1.82, 2.24) is 36.6 Å². The molecule has 0 bridgehead atoms. The molecule has 0 spiro atoms. The molecule has 1 fully saturated rings. The number of β-lactam (4-membered cyclic amide) rings is 1. The summed E-state index contributed by atoms with van der Waals surface area (Å²) >= 11 is 2.57. The lowest BCUT2D eigenvalue weighted by atomic mass is 10.0. The molecule has 16 heteroatoms. The van der Waals surface area contributed by atoms with Crippen LogP contribution in [0, 0.1) is 0 Å². The molecule has 14 nitrogen and oxygen atoms in total. The van der Waals surface area contributed by atoms with Crippen LogP contribution in [-0.4, -0.2) is 82.9 Å². The quantitative estimate of drug-likeness (QED) is 0.139. The number of amides is 2. The molecule has 2 unspecified atom stereocenters. The van der Waals surface area contributed by atoms with Crippen LogP contribution in [0.3, 0.4) is 0 Å². The van der Waals surface area contributed by atoms with E-state index in [2.05, 4.69) is 27.4 Å². The van der Waals surface area contributed by atoms with E-state index in [1.54, 1.807) is 6.08 Å². The molecule has 2 amide bonds. The van der Waals surface area contributed by atoms with Crippen molar-refractivity contribution < 1.29 is 29.4 Å². The highest BCUT2D eigenvalue weighted by Gasteiger charge is 2.52. The van der Waals surface area contributed by atoms with Crippen molar-refractivity contribution in [3.63, 3.8) is 0 Å². The Morgan fingerprint density at radius 1 is 1.44 bits per heavy atom. The van der Waals surface area contributed by atoms with Crippen molar-refractivity contribution in [3.05, 3.63) is 23.9 Å². The summed E-state index contributed by atoms with van der Waals surface area (Å²) in [6.45, 7) is 4.02. The third-order valence-electron chi connectivity index (χ3n) is 4.97. The molecular weight excluding hydrogens is 488 g/mol. The third kappa shape index (κ3) is 5.94. The Morgan fingerprint density at radius 2 is 2.18 bits per heavy atom. The number of fused-ring (bicyclic) bond motifs is 1. The van der Waals surface area contributed by atoms with E-state index in [1.807, 2.05) is 0 Å². The van der Waals surface area contributed by atoms with E-state index in [1.165, 1.54) is 28.2 Å². The van der Waals surface area contributed by atoms with Crippen molar-refractivity contribution in [2.24, 2.45) is 5.73 Å². The molecule has 2 aliphatic rings. The van der Waals surface area contributed by atoms with Gasteiger partial charge in [-0.3, -0.25) is 19.3 Å². The lowest BCUT2D eigenvalue weighted by molar-refractivity contribution is -0.301. The monoisotopic (exact) mass is 514 g/mol. The van der Waals surface area contributed by atoms with Crippen LogP contribution in [0.5, 0.6) is 0 Å². The molecule has 2 aliphatic heterocycles. The number of aliphatic carboxylic acids is 2. The summed E-state index contributed by atoms with van der Waals surface area (Å²) in [5.41, 5.74) is 5.70. The minimum atomic E-state index is -1.47. The minimum Gasteiger partial charge on any atom is -0.543 e. The number of carbonyl (C=O) groups is 4. The van der Waals surface area contributed by atoms with Crippen molar-refractivity contribution in [2.45, 2.75) is 48.4 Å². The normalized spacial score (nSPS) is 20.0. The molecular formula is C18H26N8O6S2. The number of nitrogens with one attached hydrogen (secondary N) is 1. The van der Waals surface area contributed by atoms with Crippen LogP contribution in [0.25, 0.3) is 0 Å². The van der Waals surface area contributed by atoms with Gasteiger partial charge in [0.2, 0.25) is 11.1 Å². The summed E-state index contributed by atoms with van der Waals surface area (Å²) < 4.78 is 1.51. The van der Waals surface area contributed by atoms with E-state index in [0.717, 1.165) is 4.90 Å². The highest BCUT2D eigenvalue weighted by molar-refractivity contribution is 8.01. The Labute approximate surface area is 202 Å². The van der Waals surface area contributed by atoms with Gasteiger partial charge in [0.1, 0.15) is 17.5 Å². The fourth-order valence-corrected chi connectivity index (χ4v) is 5.69. The lowest BCUT2D eigenvalue weighted by Crippen LogP contribution is -2.71. The Balaban J connectivity index is 0.00000408. The van der Waals surface area contributed by atoms with Crippen LogP contribution in [0.4, 0.5) is 0 Å². The summed E-state index contributed by atoms with van der Waals surface area (Å²) in [6.07, 6.45) is 2.01. The number of carboxylic acids is 2. The van der Waals surface area contributed by atoms with Gasteiger partial charge in [0, 0.05) is 17.9 Å². The van der Waals surface area contributed by atoms with E-state index in [-0.39, 0.29) is 36.9 Å². The van der Waals surface area contributed by atoms with Crippen LogP contribution in [0.2, 0.25) is 0 Å². The van der Waals surface area contributed by atoms with Gasteiger partial charge in [0.05, 0.1) is 18.2 Å². The molecule has 186 valence electrons. The number of carboxylic acid groups (broad SMARTS) is 2. The van der Waals surface area contributed by atoms with Crippen LogP contribution < -0.4 is 22.3 Å². The molecule has 1 aromatic heterocycles. The topological polar surface area (TPSA) is 233 Å². The van der Waals surface area contributed by atoms with Gasteiger partial charge >= 0.3 is 5.97 Å². The second-order valence-corrected chi connectivity index (χ2v) is 9.30. The largest absolute Gasteiger partial charge is 0.543 e. The van der Waals surface area contributed by atoms with E-state index in [4.69, 9.17) is 10.8 Å². The predicted octanol–water partition coefficient (Wildman–Crippen LogP) is -1.69. The van der Waals surface area contributed by atoms with Crippen molar-refractivity contribution in [3.8, 4) is 0 Å². The number of hydrogen-bond donors (Lipinski definition) is 4. The molecule has 0 aliphatic carbocycles. The summed E-state index contributed by atoms with van der Waals surface area (Å²) in [6, 6.07) is -1.92. The molecule has 0 saturated carbocycles. The van der Waals surface area contributed by atoms with Gasteiger partial charge in [-0.2, -0.15) is 0 Å².